The Balaban J connectivity index is 1.69. The number of hydrogen-bond acceptors (Lipinski definition) is 8. The van der Waals surface area contributed by atoms with E-state index in [4.69, 9.17) is 18.9 Å². The average Bonchev–Trinajstić information content (AvgIpc) is 3.03. The molecule has 0 radical (unpaired) electrons. The number of aromatic nitrogens is 1. The van der Waals surface area contributed by atoms with Crippen molar-refractivity contribution in [3.63, 3.8) is 0 Å². The molecular weight excluding hydrogens is 450 g/mol. The van der Waals surface area contributed by atoms with Gasteiger partial charge in [0.1, 0.15) is 12.6 Å². The Morgan fingerprint density at radius 2 is 1.88 bits per heavy atom. The zero-order chi connectivity index (χ0) is 23.8. The van der Waals surface area contributed by atoms with Gasteiger partial charge >= 0.3 is 0 Å². The standard InChI is InChI=1S/C22H29N3O7S/c1-15(2)21(22(26)24-16-5-8-20(23-14-16)32-12-11-29-3)25-33(27,28)17-6-7-18-19(13-17)31-10-4-9-30-18/h5-8,13-15,21,25H,4,9-12H2,1-3H3,(H,24,26). The maximum absolute atomic E-state index is 13.0. The summed E-state index contributed by atoms with van der Waals surface area (Å²) < 4.78 is 50.0. The normalized spacial score (nSPS) is 14.4. The molecule has 2 heterocycles. The van der Waals surface area contributed by atoms with Crippen LogP contribution in [0, 0.1) is 5.92 Å². The highest BCUT2D eigenvalue weighted by molar-refractivity contribution is 7.89. The molecule has 0 spiro atoms. The van der Waals surface area contributed by atoms with E-state index in [0.717, 1.165) is 0 Å². The van der Waals surface area contributed by atoms with E-state index in [9.17, 15) is 13.2 Å². The lowest BCUT2D eigenvalue weighted by Crippen LogP contribution is -2.47. The Bertz CT molecular complexity index is 1040. The minimum atomic E-state index is -4.00. The van der Waals surface area contributed by atoms with Crippen molar-refractivity contribution in [2.75, 3.05) is 38.9 Å². The van der Waals surface area contributed by atoms with Gasteiger partial charge in [-0.3, -0.25) is 4.79 Å². The molecular formula is C22H29N3O7S. The lowest BCUT2D eigenvalue weighted by atomic mass is 10.1. The number of nitrogens with one attached hydrogen (secondary N) is 2. The van der Waals surface area contributed by atoms with Crippen LogP contribution in [-0.4, -0.2) is 58.9 Å². The van der Waals surface area contributed by atoms with Gasteiger partial charge in [-0.05, 0) is 24.1 Å². The van der Waals surface area contributed by atoms with Crippen molar-refractivity contribution in [1.82, 2.24) is 9.71 Å². The first-order valence-electron chi connectivity index (χ1n) is 10.6. The fraction of sp³-hybridized carbons (Fsp3) is 0.455. The van der Waals surface area contributed by atoms with Crippen LogP contribution in [0.3, 0.4) is 0 Å². The average molecular weight is 480 g/mol. The summed E-state index contributed by atoms with van der Waals surface area (Å²) in [6, 6.07) is 6.62. The maximum atomic E-state index is 13.0. The van der Waals surface area contributed by atoms with E-state index < -0.39 is 22.0 Å². The zero-order valence-corrected chi connectivity index (χ0v) is 19.7. The third kappa shape index (κ3) is 6.80. The predicted molar refractivity (Wildman–Crippen MR) is 121 cm³/mol. The fourth-order valence-electron chi connectivity index (χ4n) is 3.03. The van der Waals surface area contributed by atoms with Crippen molar-refractivity contribution in [1.29, 1.82) is 0 Å². The van der Waals surface area contributed by atoms with Crippen molar-refractivity contribution in [3.8, 4) is 17.4 Å². The van der Waals surface area contributed by atoms with Crippen LogP contribution in [0.5, 0.6) is 17.4 Å². The highest BCUT2D eigenvalue weighted by Crippen LogP contribution is 2.32. The van der Waals surface area contributed by atoms with E-state index in [1.807, 2.05) is 0 Å². The van der Waals surface area contributed by atoms with Crippen molar-refractivity contribution >= 4 is 21.6 Å². The van der Waals surface area contributed by atoms with Gasteiger partial charge in [-0.15, -0.1) is 0 Å². The highest BCUT2D eigenvalue weighted by Gasteiger charge is 2.29. The first-order valence-corrected chi connectivity index (χ1v) is 12.1. The second-order valence-electron chi connectivity index (χ2n) is 7.72. The minimum absolute atomic E-state index is 0.00979. The van der Waals surface area contributed by atoms with E-state index >= 15 is 0 Å². The Morgan fingerprint density at radius 1 is 1.12 bits per heavy atom. The molecule has 2 N–H and O–H groups in total. The van der Waals surface area contributed by atoms with E-state index in [1.165, 1.54) is 18.3 Å². The van der Waals surface area contributed by atoms with Crippen molar-refractivity contribution in [2.45, 2.75) is 31.2 Å². The van der Waals surface area contributed by atoms with Crippen LogP contribution in [0.15, 0.2) is 41.4 Å². The van der Waals surface area contributed by atoms with Crippen LogP contribution < -0.4 is 24.2 Å². The van der Waals surface area contributed by atoms with Crippen LogP contribution in [0.25, 0.3) is 0 Å². The van der Waals surface area contributed by atoms with E-state index in [2.05, 4.69) is 15.0 Å². The predicted octanol–water partition coefficient (Wildman–Crippen LogP) is 2.21. The van der Waals surface area contributed by atoms with Crippen molar-refractivity contribution < 1.29 is 32.2 Å². The van der Waals surface area contributed by atoms with Gasteiger partial charge in [-0.1, -0.05) is 13.8 Å². The largest absolute Gasteiger partial charge is 0.490 e. The van der Waals surface area contributed by atoms with Gasteiger partial charge in [-0.25, -0.2) is 13.4 Å². The summed E-state index contributed by atoms with van der Waals surface area (Å²) in [4.78, 5) is 17.0. The second kappa shape index (κ2) is 11.3. The number of hydrogen-bond donors (Lipinski definition) is 2. The Hall–Kier alpha value is -2.89. The number of carbonyl (C=O) groups is 1. The van der Waals surface area contributed by atoms with E-state index in [0.29, 0.717) is 55.9 Å². The summed E-state index contributed by atoms with van der Waals surface area (Å²) in [6.07, 6.45) is 2.15. The molecule has 11 heteroatoms. The number of amides is 1. The molecule has 1 aromatic carbocycles. The molecule has 180 valence electrons. The first-order chi connectivity index (χ1) is 15.8. The van der Waals surface area contributed by atoms with Gasteiger partial charge < -0.3 is 24.3 Å². The summed E-state index contributed by atoms with van der Waals surface area (Å²) in [5.74, 6) is 0.426. The number of methoxy groups -OCH3 is 1. The van der Waals surface area contributed by atoms with Crippen LogP contribution >= 0.6 is 0 Å². The summed E-state index contributed by atoms with van der Waals surface area (Å²) in [7, 11) is -2.43. The molecule has 0 bridgehead atoms. The Morgan fingerprint density at radius 3 is 2.55 bits per heavy atom. The number of carbonyl (C=O) groups excluding carboxylic acids is 1. The second-order valence-corrected chi connectivity index (χ2v) is 9.43. The molecule has 1 aliphatic rings. The van der Waals surface area contributed by atoms with Gasteiger partial charge in [-0.2, -0.15) is 4.72 Å². The van der Waals surface area contributed by atoms with E-state index in [1.54, 1.807) is 39.2 Å². The summed E-state index contributed by atoms with van der Waals surface area (Å²) >= 11 is 0. The summed E-state index contributed by atoms with van der Waals surface area (Å²) in [5.41, 5.74) is 0.416. The number of benzene rings is 1. The fourth-order valence-corrected chi connectivity index (χ4v) is 4.39. The van der Waals surface area contributed by atoms with Gasteiger partial charge in [0.2, 0.25) is 21.8 Å². The first kappa shape index (κ1) is 24.7. The lowest BCUT2D eigenvalue weighted by Gasteiger charge is -2.22. The number of sulfonamides is 1. The number of ether oxygens (including phenoxy) is 4. The molecule has 3 rings (SSSR count). The molecule has 0 saturated carbocycles. The number of anilines is 1. The molecule has 1 amide bonds. The van der Waals surface area contributed by atoms with Gasteiger partial charge in [0.15, 0.2) is 11.5 Å². The minimum Gasteiger partial charge on any atom is -0.490 e. The van der Waals surface area contributed by atoms with Crippen molar-refractivity contribution in [2.24, 2.45) is 5.92 Å². The van der Waals surface area contributed by atoms with Crippen LogP contribution in [0.4, 0.5) is 5.69 Å². The third-order valence-corrected chi connectivity index (χ3v) is 6.24. The number of nitrogens with zero attached hydrogens (tertiary/aromatic N) is 1. The van der Waals surface area contributed by atoms with Gasteiger partial charge in [0.05, 0.1) is 36.6 Å². The molecule has 10 nitrogen and oxygen atoms in total. The van der Waals surface area contributed by atoms with Crippen molar-refractivity contribution in [3.05, 3.63) is 36.5 Å². The third-order valence-electron chi connectivity index (χ3n) is 4.80. The number of rotatable bonds is 10. The smallest absolute Gasteiger partial charge is 0.242 e. The van der Waals surface area contributed by atoms with Gasteiger partial charge in [0.25, 0.3) is 0 Å². The molecule has 33 heavy (non-hydrogen) atoms. The SMILES string of the molecule is COCCOc1ccc(NC(=O)C(NS(=O)(=O)c2ccc3c(c2)OCCCO3)C(C)C)cn1. The molecule has 1 aromatic heterocycles. The summed E-state index contributed by atoms with van der Waals surface area (Å²) in [6.45, 7) is 5.23. The number of fused-ring (bicyclic) bond motifs is 1. The topological polar surface area (TPSA) is 125 Å². The van der Waals surface area contributed by atoms with Gasteiger partial charge in [0, 0.05) is 25.7 Å². The Labute approximate surface area is 193 Å². The molecule has 0 saturated heterocycles. The van der Waals surface area contributed by atoms with E-state index in [-0.39, 0.29) is 10.8 Å². The zero-order valence-electron chi connectivity index (χ0n) is 18.9. The molecule has 1 atom stereocenters. The Kier molecular flexibility index (Phi) is 8.48. The quantitative estimate of drug-likeness (QED) is 0.497. The van der Waals surface area contributed by atoms with Crippen LogP contribution in [-0.2, 0) is 19.6 Å². The monoisotopic (exact) mass is 479 g/mol. The lowest BCUT2D eigenvalue weighted by molar-refractivity contribution is -0.118. The summed E-state index contributed by atoms with van der Waals surface area (Å²) in [5, 5.41) is 2.70. The molecule has 0 fully saturated rings. The van der Waals surface area contributed by atoms with Crippen LogP contribution in [0.1, 0.15) is 20.3 Å². The molecule has 2 aromatic rings. The molecule has 0 aliphatic carbocycles. The maximum Gasteiger partial charge on any atom is 0.242 e. The molecule has 1 aliphatic heterocycles. The number of pyridine rings is 1. The van der Waals surface area contributed by atoms with Crippen LogP contribution in [0.2, 0.25) is 0 Å². The highest BCUT2D eigenvalue weighted by atomic mass is 32.2. The molecule has 1 unspecified atom stereocenters.